The molecule has 0 amide bonds. The SMILES string of the molecule is Br[O+]1CCCOC1. The summed E-state index contributed by atoms with van der Waals surface area (Å²) >= 11 is 3.21. The lowest BCUT2D eigenvalue weighted by atomic mass is 10.5. The first-order valence-electron chi connectivity index (χ1n) is 2.31. The van der Waals surface area contributed by atoms with E-state index in [0.717, 1.165) is 19.6 Å². The van der Waals surface area contributed by atoms with Gasteiger partial charge in [0.15, 0.2) is 6.61 Å². The predicted molar refractivity (Wildman–Crippen MR) is 30.3 cm³/mol. The van der Waals surface area contributed by atoms with Gasteiger partial charge in [-0.1, -0.05) is 0 Å². The van der Waals surface area contributed by atoms with E-state index in [2.05, 4.69) is 19.7 Å². The molecule has 0 unspecified atom stereocenters. The predicted octanol–water partition coefficient (Wildman–Crippen LogP) is 1.23. The van der Waals surface area contributed by atoms with E-state index >= 15 is 0 Å². The van der Waals surface area contributed by atoms with Crippen LogP contribution in [0.15, 0.2) is 0 Å². The summed E-state index contributed by atoms with van der Waals surface area (Å²) in [6, 6.07) is 0. The summed E-state index contributed by atoms with van der Waals surface area (Å²) in [5, 5.41) is 0. The summed E-state index contributed by atoms with van der Waals surface area (Å²) in [4.78, 5) is 0. The lowest BCUT2D eigenvalue weighted by Crippen LogP contribution is -2.17. The Morgan fingerprint density at radius 2 is 2.43 bits per heavy atom. The van der Waals surface area contributed by atoms with Crippen molar-refractivity contribution in [2.75, 3.05) is 20.0 Å². The molecule has 0 saturated carbocycles. The largest absolute Gasteiger partial charge is 0.374 e. The van der Waals surface area contributed by atoms with Crippen molar-refractivity contribution in [3.8, 4) is 0 Å². The van der Waals surface area contributed by atoms with Crippen molar-refractivity contribution in [3.05, 3.63) is 0 Å². The van der Waals surface area contributed by atoms with E-state index in [4.69, 9.17) is 4.74 Å². The number of hydrogen-bond donors (Lipinski definition) is 0. The third kappa shape index (κ3) is 1.76. The highest BCUT2D eigenvalue weighted by atomic mass is 79.9. The van der Waals surface area contributed by atoms with Crippen LogP contribution in [0.2, 0.25) is 0 Å². The summed E-state index contributed by atoms with van der Waals surface area (Å²) in [5.41, 5.74) is 0. The third-order valence-electron chi connectivity index (χ3n) is 0.866. The monoisotopic (exact) mass is 167 g/mol. The molecular formula is C4H8BrO2+. The van der Waals surface area contributed by atoms with Gasteiger partial charge < -0.3 is 8.20 Å². The van der Waals surface area contributed by atoms with Gasteiger partial charge in [0.2, 0.25) is 0 Å². The van der Waals surface area contributed by atoms with Gasteiger partial charge in [-0.2, -0.15) is 0 Å². The molecule has 1 fully saturated rings. The van der Waals surface area contributed by atoms with Gasteiger partial charge in [-0.05, 0) is 0 Å². The Morgan fingerprint density at radius 1 is 1.57 bits per heavy atom. The lowest BCUT2D eigenvalue weighted by Gasteiger charge is -2.13. The maximum Gasteiger partial charge on any atom is 0.374 e. The van der Waals surface area contributed by atoms with Crippen molar-refractivity contribution in [2.24, 2.45) is 0 Å². The molecule has 7 heavy (non-hydrogen) atoms. The lowest BCUT2D eigenvalue weighted by molar-refractivity contribution is -0.135. The first kappa shape index (κ1) is 5.54. The van der Waals surface area contributed by atoms with Crippen LogP contribution in [-0.2, 0) is 8.20 Å². The van der Waals surface area contributed by atoms with E-state index in [1.54, 1.807) is 0 Å². The van der Waals surface area contributed by atoms with Crippen LogP contribution in [0.4, 0.5) is 0 Å². The van der Waals surface area contributed by atoms with Crippen LogP contribution in [0.1, 0.15) is 6.42 Å². The minimum Gasteiger partial charge on any atom is -0.326 e. The molecule has 0 spiro atoms. The smallest absolute Gasteiger partial charge is 0.326 e. The number of ether oxygens (including phenoxy) is 1. The molecule has 1 rings (SSSR count). The Bertz CT molecular complexity index is 51.7. The van der Waals surface area contributed by atoms with Crippen molar-refractivity contribution in [1.82, 2.24) is 0 Å². The van der Waals surface area contributed by atoms with E-state index in [0.29, 0.717) is 6.79 Å². The third-order valence-corrected chi connectivity index (χ3v) is 1.38. The molecule has 42 valence electrons. The van der Waals surface area contributed by atoms with Gasteiger partial charge in [-0.3, -0.25) is 0 Å². The van der Waals surface area contributed by atoms with Gasteiger partial charge in [-0.15, -0.1) is 0 Å². The summed E-state index contributed by atoms with van der Waals surface area (Å²) in [7, 11) is 0. The molecule has 1 heterocycles. The van der Waals surface area contributed by atoms with Gasteiger partial charge in [0.25, 0.3) is 6.79 Å². The van der Waals surface area contributed by atoms with Crippen molar-refractivity contribution < 1.29 is 8.20 Å². The van der Waals surface area contributed by atoms with Crippen LogP contribution in [0.3, 0.4) is 0 Å². The molecule has 0 aromatic heterocycles. The minimum absolute atomic E-state index is 0.653. The van der Waals surface area contributed by atoms with E-state index in [9.17, 15) is 0 Å². The highest BCUT2D eigenvalue weighted by Crippen LogP contribution is 2.10. The van der Waals surface area contributed by atoms with E-state index in [1.165, 1.54) is 0 Å². The van der Waals surface area contributed by atoms with E-state index in [1.807, 2.05) is 0 Å². The average molecular weight is 168 g/mol. The Balaban J connectivity index is 2.12. The topological polar surface area (TPSA) is 11.9 Å². The molecule has 0 aromatic carbocycles. The van der Waals surface area contributed by atoms with Crippen molar-refractivity contribution in [3.63, 3.8) is 0 Å². The summed E-state index contributed by atoms with van der Waals surface area (Å²) < 4.78 is 7.68. The van der Waals surface area contributed by atoms with Gasteiger partial charge >= 0.3 is 16.3 Å². The van der Waals surface area contributed by atoms with Crippen molar-refractivity contribution in [2.45, 2.75) is 6.42 Å². The second-order valence-electron chi connectivity index (χ2n) is 1.51. The van der Waals surface area contributed by atoms with Crippen molar-refractivity contribution >= 4 is 16.3 Å². The molecular weight excluding hydrogens is 160 g/mol. The fraction of sp³-hybridized carbons (Fsp3) is 1.00. The first-order chi connectivity index (χ1) is 3.39. The fourth-order valence-electron chi connectivity index (χ4n) is 0.526. The van der Waals surface area contributed by atoms with Crippen LogP contribution in [0.25, 0.3) is 0 Å². The molecule has 0 bridgehead atoms. The highest BCUT2D eigenvalue weighted by molar-refractivity contribution is 9.06. The molecule has 1 aliphatic heterocycles. The molecule has 0 aliphatic carbocycles. The summed E-state index contributed by atoms with van der Waals surface area (Å²) in [6.45, 7) is 2.58. The number of halogens is 1. The average Bonchev–Trinajstić information content (AvgIpc) is 1.69. The van der Waals surface area contributed by atoms with Crippen LogP contribution in [0.5, 0.6) is 0 Å². The maximum atomic E-state index is 5.02. The van der Waals surface area contributed by atoms with Crippen LogP contribution in [0, 0.1) is 0 Å². The zero-order valence-electron chi connectivity index (χ0n) is 4.02. The standard InChI is InChI=1S/C4H8BrO2/c5-7-3-1-2-6-4-7/h1-4H2/q+1. The van der Waals surface area contributed by atoms with Gasteiger partial charge in [0, 0.05) is 6.42 Å². The molecule has 1 aliphatic rings. The Kier molecular flexibility index (Phi) is 2.09. The van der Waals surface area contributed by atoms with E-state index in [-0.39, 0.29) is 0 Å². The molecule has 0 aromatic rings. The van der Waals surface area contributed by atoms with Gasteiger partial charge in [-0.25, -0.2) is 0 Å². The number of hydrogen-bond acceptors (Lipinski definition) is 1. The highest BCUT2D eigenvalue weighted by Gasteiger charge is 2.10. The van der Waals surface area contributed by atoms with Gasteiger partial charge in [0.05, 0.1) is 6.61 Å². The molecule has 0 N–H and O–H groups in total. The molecule has 0 atom stereocenters. The van der Waals surface area contributed by atoms with E-state index < -0.39 is 0 Å². The zero-order valence-corrected chi connectivity index (χ0v) is 5.61. The first-order valence-corrected chi connectivity index (χ1v) is 2.96. The fourth-order valence-corrected chi connectivity index (χ4v) is 0.887. The second-order valence-corrected chi connectivity index (χ2v) is 2.42. The maximum absolute atomic E-state index is 5.02. The number of rotatable bonds is 0. The Hall–Kier alpha value is 0.400. The Labute approximate surface area is 51.6 Å². The summed E-state index contributed by atoms with van der Waals surface area (Å²) in [6.07, 6.45) is 1.11. The van der Waals surface area contributed by atoms with Crippen LogP contribution in [-0.4, -0.2) is 20.0 Å². The Morgan fingerprint density at radius 3 is 2.71 bits per heavy atom. The molecule has 3 heteroatoms. The van der Waals surface area contributed by atoms with Crippen molar-refractivity contribution in [1.29, 1.82) is 0 Å². The quantitative estimate of drug-likeness (QED) is 0.495. The van der Waals surface area contributed by atoms with Crippen LogP contribution >= 0.6 is 16.3 Å². The molecule has 2 nitrogen and oxygen atoms in total. The molecule has 0 radical (unpaired) electrons. The molecule has 1 saturated heterocycles. The zero-order chi connectivity index (χ0) is 5.11. The second kappa shape index (κ2) is 2.64. The van der Waals surface area contributed by atoms with Crippen LogP contribution < -0.4 is 0 Å². The summed E-state index contributed by atoms with van der Waals surface area (Å²) in [5.74, 6) is 0. The minimum atomic E-state index is 0.653. The normalized spacial score (nSPS) is 25.3. The van der Waals surface area contributed by atoms with Gasteiger partial charge in [0.1, 0.15) is 0 Å².